The van der Waals surface area contributed by atoms with Gasteiger partial charge in [-0.05, 0) is 38.3 Å². The minimum Gasteiger partial charge on any atom is -0.353 e. The monoisotopic (exact) mass is 306 g/mol. The van der Waals surface area contributed by atoms with Crippen LogP contribution in [0.15, 0.2) is 55.6 Å². The van der Waals surface area contributed by atoms with Crippen molar-refractivity contribution in [3.63, 3.8) is 0 Å². The lowest BCUT2D eigenvalue weighted by Crippen LogP contribution is -2.11. The average molecular weight is 306 g/mol. The maximum Gasteiger partial charge on any atom is 0.154 e. The van der Waals surface area contributed by atoms with Crippen LogP contribution in [0, 0.1) is 0 Å². The Morgan fingerprint density at radius 3 is 1.95 bits per heavy atom. The minimum absolute atomic E-state index is 0.0370. The summed E-state index contributed by atoms with van der Waals surface area (Å²) in [6.07, 6.45) is 4.20. The zero-order valence-corrected chi connectivity index (χ0v) is 14.3. The van der Waals surface area contributed by atoms with Crippen LogP contribution in [0.4, 0.5) is 0 Å². The number of hydrogen-bond acceptors (Lipinski definition) is 3. The molecule has 0 bridgehead atoms. The maximum absolute atomic E-state index is 10.1. The van der Waals surface area contributed by atoms with Gasteiger partial charge in [0.25, 0.3) is 0 Å². The number of allylic oxidation sites excluding steroid dienone is 2. The Labute approximate surface area is 135 Å². The van der Waals surface area contributed by atoms with Crippen LogP contribution < -0.4 is 0 Å². The molecule has 0 amide bonds. The fourth-order valence-electron chi connectivity index (χ4n) is 1.60. The fraction of sp³-hybridized carbons (Fsp3) is 0.421. The molecule has 0 N–H and O–H groups in total. The van der Waals surface area contributed by atoms with Crippen LogP contribution in [0.1, 0.15) is 39.2 Å². The van der Waals surface area contributed by atoms with Gasteiger partial charge in [-0.2, -0.15) is 0 Å². The zero-order chi connectivity index (χ0) is 17.2. The van der Waals surface area contributed by atoms with Gasteiger partial charge in [0.05, 0.1) is 0 Å². The molecule has 0 aliphatic heterocycles. The lowest BCUT2D eigenvalue weighted by atomic mass is 10.0. The van der Waals surface area contributed by atoms with Crippen molar-refractivity contribution in [3.05, 3.63) is 61.2 Å². The second-order valence-electron chi connectivity index (χ2n) is 4.20. The van der Waals surface area contributed by atoms with Crippen molar-refractivity contribution in [2.24, 2.45) is 0 Å². The summed E-state index contributed by atoms with van der Waals surface area (Å²) >= 11 is 0. The third-order valence-electron chi connectivity index (χ3n) is 2.61. The van der Waals surface area contributed by atoms with Gasteiger partial charge in [0, 0.05) is 13.2 Å². The Balaban J connectivity index is 0. The number of aldehydes is 1. The Kier molecular flexibility index (Phi) is 17.8. The molecule has 0 aromatic heterocycles. The lowest BCUT2D eigenvalue weighted by Gasteiger charge is -2.09. The lowest BCUT2D eigenvalue weighted by molar-refractivity contribution is -0.123. The summed E-state index contributed by atoms with van der Waals surface area (Å²) in [4.78, 5) is 10.1. The van der Waals surface area contributed by atoms with Gasteiger partial charge >= 0.3 is 0 Å². The molecule has 0 spiro atoms. The number of carbonyl (C=O) groups excluding carboxylic acids is 1. The highest BCUT2D eigenvalue weighted by molar-refractivity contribution is 5.64. The standard InChI is InChI=1S/C11H12O.C6H14O2.C2H4/c1-10(6-5-9-12)11-7-3-2-4-8-11;1-4-7-6(3)8-5-2;1-2/h2-10H,1H3;6H,4-5H2,1-3H3;1-2H2/b6-5+;;. The Morgan fingerprint density at radius 2 is 1.55 bits per heavy atom. The van der Waals surface area contributed by atoms with E-state index in [0.717, 1.165) is 19.5 Å². The highest BCUT2D eigenvalue weighted by atomic mass is 16.7. The van der Waals surface area contributed by atoms with Crippen molar-refractivity contribution in [2.75, 3.05) is 13.2 Å². The fourth-order valence-corrected chi connectivity index (χ4v) is 1.60. The van der Waals surface area contributed by atoms with E-state index in [1.54, 1.807) is 0 Å². The highest BCUT2D eigenvalue weighted by Crippen LogP contribution is 2.14. The first kappa shape index (κ1) is 22.6. The predicted octanol–water partition coefficient (Wildman–Crippen LogP) is 4.75. The average Bonchev–Trinajstić information content (AvgIpc) is 2.56. The number of ether oxygens (including phenoxy) is 2. The Hall–Kier alpha value is -1.71. The van der Waals surface area contributed by atoms with Gasteiger partial charge in [0.1, 0.15) is 6.29 Å². The first-order chi connectivity index (χ1) is 10.7. The first-order valence-corrected chi connectivity index (χ1v) is 7.55. The SMILES string of the molecule is C=C.CC(/C=C/C=O)c1ccccc1.CCOC(C)OCC. The van der Waals surface area contributed by atoms with E-state index >= 15 is 0 Å². The van der Waals surface area contributed by atoms with Gasteiger partial charge in [-0.3, -0.25) is 4.79 Å². The maximum atomic E-state index is 10.1. The number of hydrogen-bond donors (Lipinski definition) is 0. The summed E-state index contributed by atoms with van der Waals surface area (Å²) in [5.41, 5.74) is 1.23. The summed E-state index contributed by atoms with van der Waals surface area (Å²) in [7, 11) is 0. The van der Waals surface area contributed by atoms with Gasteiger partial charge in [-0.15, -0.1) is 13.2 Å². The van der Waals surface area contributed by atoms with E-state index < -0.39 is 0 Å². The zero-order valence-electron chi connectivity index (χ0n) is 14.3. The number of carbonyl (C=O) groups is 1. The van der Waals surface area contributed by atoms with Crippen LogP contribution >= 0.6 is 0 Å². The Bertz CT molecular complexity index is 368. The van der Waals surface area contributed by atoms with Crippen LogP contribution in [0.2, 0.25) is 0 Å². The molecule has 0 aliphatic carbocycles. The summed E-state index contributed by atoms with van der Waals surface area (Å²) in [5.74, 6) is 0.316. The molecule has 1 rings (SSSR count). The van der Waals surface area contributed by atoms with E-state index in [-0.39, 0.29) is 6.29 Å². The van der Waals surface area contributed by atoms with E-state index in [4.69, 9.17) is 9.47 Å². The van der Waals surface area contributed by atoms with Crippen molar-refractivity contribution in [1.82, 2.24) is 0 Å². The first-order valence-electron chi connectivity index (χ1n) is 7.55. The molecule has 0 fully saturated rings. The topological polar surface area (TPSA) is 35.5 Å². The van der Waals surface area contributed by atoms with Crippen LogP contribution in [0.3, 0.4) is 0 Å². The molecule has 124 valence electrons. The number of benzene rings is 1. The molecule has 0 aliphatic rings. The van der Waals surface area contributed by atoms with Crippen molar-refractivity contribution in [2.45, 2.75) is 39.9 Å². The van der Waals surface area contributed by atoms with Crippen molar-refractivity contribution in [1.29, 1.82) is 0 Å². The molecule has 0 heterocycles. The second kappa shape index (κ2) is 17.3. The summed E-state index contributed by atoms with van der Waals surface area (Å²) < 4.78 is 10.1. The van der Waals surface area contributed by atoms with Gasteiger partial charge < -0.3 is 9.47 Å². The quantitative estimate of drug-likeness (QED) is 0.315. The molecule has 0 saturated carbocycles. The molecule has 3 nitrogen and oxygen atoms in total. The molecule has 1 atom stereocenters. The molecule has 0 saturated heterocycles. The Morgan fingerprint density at radius 1 is 1.05 bits per heavy atom. The third kappa shape index (κ3) is 13.3. The van der Waals surface area contributed by atoms with Crippen molar-refractivity contribution < 1.29 is 14.3 Å². The van der Waals surface area contributed by atoms with Gasteiger partial charge in [0.15, 0.2) is 6.29 Å². The van der Waals surface area contributed by atoms with Crippen molar-refractivity contribution >= 4 is 6.29 Å². The van der Waals surface area contributed by atoms with E-state index in [0.29, 0.717) is 5.92 Å². The van der Waals surface area contributed by atoms with E-state index in [1.165, 1.54) is 11.6 Å². The predicted molar refractivity (Wildman–Crippen MR) is 94.0 cm³/mol. The summed E-state index contributed by atoms with van der Waals surface area (Å²) in [6, 6.07) is 10.1. The van der Waals surface area contributed by atoms with Gasteiger partial charge in [-0.1, -0.05) is 43.3 Å². The van der Waals surface area contributed by atoms with Crippen LogP contribution in [-0.4, -0.2) is 25.8 Å². The van der Waals surface area contributed by atoms with E-state index in [1.807, 2.05) is 45.0 Å². The highest BCUT2D eigenvalue weighted by Gasteiger charge is 1.97. The summed E-state index contributed by atoms with van der Waals surface area (Å²) in [5, 5.41) is 0. The van der Waals surface area contributed by atoms with Crippen LogP contribution in [-0.2, 0) is 14.3 Å². The molecular weight excluding hydrogens is 276 g/mol. The van der Waals surface area contributed by atoms with E-state index in [2.05, 4.69) is 32.2 Å². The largest absolute Gasteiger partial charge is 0.353 e. The minimum atomic E-state index is -0.0370. The molecule has 1 unspecified atom stereocenters. The molecule has 22 heavy (non-hydrogen) atoms. The van der Waals surface area contributed by atoms with Crippen molar-refractivity contribution in [3.8, 4) is 0 Å². The smallest absolute Gasteiger partial charge is 0.154 e. The normalized spacial score (nSPS) is 11.1. The second-order valence-corrected chi connectivity index (χ2v) is 4.20. The van der Waals surface area contributed by atoms with Crippen LogP contribution in [0.25, 0.3) is 0 Å². The summed E-state index contributed by atoms with van der Waals surface area (Å²) in [6.45, 7) is 15.3. The molecule has 1 aromatic rings. The molecule has 3 heteroatoms. The van der Waals surface area contributed by atoms with E-state index in [9.17, 15) is 4.79 Å². The van der Waals surface area contributed by atoms with Gasteiger partial charge in [0.2, 0.25) is 0 Å². The third-order valence-corrected chi connectivity index (χ3v) is 2.61. The molecule has 0 radical (unpaired) electrons. The number of rotatable bonds is 7. The molecule has 1 aromatic carbocycles. The van der Waals surface area contributed by atoms with Crippen LogP contribution in [0.5, 0.6) is 0 Å². The van der Waals surface area contributed by atoms with Gasteiger partial charge in [-0.25, -0.2) is 0 Å². The molecular formula is C19H30O3.